The molecule has 2 aliphatic rings. The van der Waals surface area contributed by atoms with E-state index in [-0.39, 0.29) is 47.4 Å². The largest absolute Gasteiger partial charge is 0.493 e. The van der Waals surface area contributed by atoms with Crippen molar-refractivity contribution in [2.45, 2.75) is 63.1 Å². The first-order chi connectivity index (χ1) is 17.0. The fraction of sp³-hybridized carbons (Fsp3) is 0.357. The van der Waals surface area contributed by atoms with E-state index < -0.39 is 10.0 Å². The van der Waals surface area contributed by atoms with Gasteiger partial charge in [0.05, 0.1) is 23.3 Å². The van der Waals surface area contributed by atoms with Crippen LogP contribution in [0.2, 0.25) is 0 Å². The van der Waals surface area contributed by atoms with Crippen molar-refractivity contribution in [2.75, 3.05) is 7.11 Å². The number of methoxy groups -OCH3 is 1. The van der Waals surface area contributed by atoms with Gasteiger partial charge in [-0.05, 0) is 75.6 Å². The van der Waals surface area contributed by atoms with Crippen LogP contribution in [0.25, 0.3) is 0 Å². The Hall–Kier alpha value is -2.65. The number of aliphatic imine (C=N–C) groups is 1. The van der Waals surface area contributed by atoms with Crippen LogP contribution in [0.4, 0.5) is 0 Å². The lowest BCUT2D eigenvalue weighted by Crippen LogP contribution is -2.30. The SMILES string of the molecule is COc1cc2c(c3c1OC(C)(C)C3)C(c1ccc(S(=O)(=O)NCc3ccncc3)cc1)=NC(C)(C)C2.Cl.Cl. The van der Waals surface area contributed by atoms with Crippen LogP contribution in [0.3, 0.4) is 0 Å². The maximum absolute atomic E-state index is 12.9. The maximum Gasteiger partial charge on any atom is 0.240 e. The first kappa shape index (κ1) is 29.9. The molecule has 0 fully saturated rings. The Morgan fingerprint density at radius 3 is 2.29 bits per heavy atom. The molecule has 2 aliphatic heterocycles. The zero-order chi connectivity index (χ0) is 25.7. The number of halogens is 2. The van der Waals surface area contributed by atoms with E-state index in [9.17, 15) is 8.42 Å². The van der Waals surface area contributed by atoms with Crippen molar-refractivity contribution in [3.8, 4) is 11.5 Å². The Labute approximate surface area is 237 Å². The topological polar surface area (TPSA) is 89.9 Å². The van der Waals surface area contributed by atoms with Crippen LogP contribution in [0.5, 0.6) is 11.5 Å². The van der Waals surface area contributed by atoms with Crippen molar-refractivity contribution in [3.05, 3.63) is 82.7 Å². The van der Waals surface area contributed by atoms with Crippen molar-refractivity contribution >= 4 is 40.5 Å². The third kappa shape index (κ3) is 5.83. The average molecular weight is 579 g/mol. The highest BCUT2D eigenvalue weighted by Gasteiger charge is 2.39. The number of aromatic nitrogens is 1. The molecule has 3 aromatic rings. The van der Waals surface area contributed by atoms with Crippen LogP contribution in [-0.2, 0) is 29.4 Å². The predicted octanol–water partition coefficient (Wildman–Crippen LogP) is 5.30. The van der Waals surface area contributed by atoms with Gasteiger partial charge in [-0.25, -0.2) is 13.1 Å². The van der Waals surface area contributed by atoms with Gasteiger partial charge in [-0.2, -0.15) is 0 Å². The minimum atomic E-state index is -3.67. The fourth-order valence-corrected chi connectivity index (χ4v) is 6.00. The number of pyridine rings is 1. The molecule has 1 aromatic heterocycles. The van der Waals surface area contributed by atoms with Crippen LogP contribution in [0.15, 0.2) is 64.7 Å². The second-order valence-corrected chi connectivity index (χ2v) is 12.4. The van der Waals surface area contributed by atoms with E-state index in [0.717, 1.165) is 57.9 Å². The van der Waals surface area contributed by atoms with Gasteiger partial charge in [-0.3, -0.25) is 9.98 Å². The van der Waals surface area contributed by atoms with E-state index in [4.69, 9.17) is 14.5 Å². The molecule has 0 aliphatic carbocycles. The average Bonchev–Trinajstić information content (AvgIpc) is 3.16. The third-order valence-corrected chi connectivity index (χ3v) is 7.97. The normalized spacial score (nSPS) is 16.6. The molecule has 0 bridgehead atoms. The van der Waals surface area contributed by atoms with Gasteiger partial charge in [0.25, 0.3) is 0 Å². The van der Waals surface area contributed by atoms with Gasteiger partial charge in [0.1, 0.15) is 5.60 Å². The van der Waals surface area contributed by atoms with Gasteiger partial charge in [-0.1, -0.05) is 12.1 Å². The monoisotopic (exact) mass is 577 g/mol. The van der Waals surface area contributed by atoms with Gasteiger partial charge < -0.3 is 9.47 Å². The first-order valence-corrected chi connectivity index (χ1v) is 13.5. The number of hydrogen-bond donors (Lipinski definition) is 1. The quantitative estimate of drug-likeness (QED) is 0.429. The van der Waals surface area contributed by atoms with Crippen LogP contribution >= 0.6 is 24.8 Å². The summed E-state index contributed by atoms with van der Waals surface area (Å²) in [5.41, 5.74) is 5.24. The molecule has 0 unspecified atom stereocenters. The van der Waals surface area contributed by atoms with Crippen molar-refractivity contribution in [1.82, 2.24) is 9.71 Å². The lowest BCUT2D eigenvalue weighted by atomic mass is 9.81. The predicted molar refractivity (Wildman–Crippen MR) is 154 cm³/mol. The van der Waals surface area contributed by atoms with Crippen LogP contribution in [0.1, 0.15) is 55.5 Å². The summed E-state index contributed by atoms with van der Waals surface area (Å²) < 4.78 is 40.4. The van der Waals surface area contributed by atoms with E-state index in [1.54, 1.807) is 43.8 Å². The van der Waals surface area contributed by atoms with E-state index in [1.165, 1.54) is 0 Å². The Bertz CT molecular complexity index is 1460. The Kier molecular flexibility index (Phi) is 8.53. The van der Waals surface area contributed by atoms with E-state index >= 15 is 0 Å². The highest BCUT2D eigenvalue weighted by Crippen LogP contribution is 2.47. The zero-order valence-corrected chi connectivity index (χ0v) is 24.5. The van der Waals surface area contributed by atoms with E-state index in [2.05, 4.69) is 43.5 Å². The summed E-state index contributed by atoms with van der Waals surface area (Å²) in [4.78, 5) is 9.30. The highest BCUT2D eigenvalue weighted by molar-refractivity contribution is 7.89. The molecule has 1 N–H and O–H groups in total. The molecule has 0 spiro atoms. The molecule has 0 saturated carbocycles. The van der Waals surface area contributed by atoms with E-state index in [0.29, 0.717) is 0 Å². The maximum atomic E-state index is 12.9. The molecule has 2 aromatic carbocycles. The molecular formula is C28H33Cl2N3O4S. The molecular weight excluding hydrogens is 545 g/mol. The molecule has 0 amide bonds. The van der Waals surface area contributed by atoms with Gasteiger partial charge in [0, 0.05) is 42.0 Å². The number of sulfonamides is 1. The zero-order valence-electron chi connectivity index (χ0n) is 22.1. The lowest BCUT2D eigenvalue weighted by molar-refractivity contribution is 0.134. The van der Waals surface area contributed by atoms with Crippen LogP contribution in [0, 0.1) is 0 Å². The number of nitrogens with one attached hydrogen (secondary N) is 1. The number of rotatable bonds is 6. The van der Waals surface area contributed by atoms with Crippen molar-refractivity contribution < 1.29 is 17.9 Å². The molecule has 38 heavy (non-hydrogen) atoms. The van der Waals surface area contributed by atoms with Gasteiger partial charge >= 0.3 is 0 Å². The van der Waals surface area contributed by atoms with Crippen molar-refractivity contribution in [2.24, 2.45) is 4.99 Å². The molecule has 0 saturated heterocycles. The second-order valence-electron chi connectivity index (χ2n) is 10.6. The van der Waals surface area contributed by atoms with Gasteiger partial charge in [0.2, 0.25) is 10.0 Å². The summed E-state index contributed by atoms with van der Waals surface area (Å²) >= 11 is 0. The summed E-state index contributed by atoms with van der Waals surface area (Å²) in [5.74, 6) is 1.52. The standard InChI is InChI=1S/C28H31N3O4S.2ClH/c1-27(2)15-20-14-23(34-5)26-22(16-28(3,4)35-26)24(20)25(31-27)19-6-8-21(9-7-19)36(32,33)30-17-18-10-12-29-13-11-18;;/h6-14,30H,15-17H2,1-5H3;2*1H. The van der Waals surface area contributed by atoms with E-state index in [1.807, 2.05) is 12.1 Å². The van der Waals surface area contributed by atoms with Crippen LogP contribution in [-0.4, -0.2) is 37.4 Å². The molecule has 5 rings (SSSR count). The fourth-order valence-electron chi connectivity index (χ4n) is 4.98. The lowest BCUT2D eigenvalue weighted by Gasteiger charge is -2.31. The van der Waals surface area contributed by atoms with Crippen molar-refractivity contribution in [1.29, 1.82) is 0 Å². The smallest absolute Gasteiger partial charge is 0.240 e. The minimum Gasteiger partial charge on any atom is -0.493 e. The summed E-state index contributed by atoms with van der Waals surface area (Å²) in [6.45, 7) is 8.56. The molecule has 10 heteroatoms. The first-order valence-electron chi connectivity index (χ1n) is 12.0. The van der Waals surface area contributed by atoms with Gasteiger partial charge in [-0.15, -0.1) is 24.8 Å². The minimum absolute atomic E-state index is 0. The molecule has 0 atom stereocenters. The number of benzene rings is 2. The number of nitrogens with zero attached hydrogens (tertiary/aromatic N) is 2. The number of hydrogen-bond acceptors (Lipinski definition) is 6. The summed E-state index contributed by atoms with van der Waals surface area (Å²) in [7, 11) is -2.00. The van der Waals surface area contributed by atoms with Crippen LogP contribution < -0.4 is 14.2 Å². The Morgan fingerprint density at radius 2 is 1.66 bits per heavy atom. The molecule has 7 nitrogen and oxygen atoms in total. The van der Waals surface area contributed by atoms with Crippen molar-refractivity contribution in [3.63, 3.8) is 0 Å². The Morgan fingerprint density at radius 1 is 1.00 bits per heavy atom. The summed E-state index contributed by atoms with van der Waals surface area (Å²) in [6.07, 6.45) is 4.80. The summed E-state index contributed by atoms with van der Waals surface area (Å²) in [6, 6.07) is 12.6. The molecule has 204 valence electrons. The van der Waals surface area contributed by atoms with Gasteiger partial charge in [0.15, 0.2) is 11.5 Å². The number of ether oxygens (including phenoxy) is 2. The molecule has 3 heterocycles. The molecule has 0 radical (unpaired) electrons. The summed E-state index contributed by atoms with van der Waals surface area (Å²) in [5, 5.41) is 0. The Balaban J connectivity index is 0.00000200. The second kappa shape index (κ2) is 10.8. The third-order valence-electron chi connectivity index (χ3n) is 6.55. The number of fused-ring (bicyclic) bond motifs is 3. The highest BCUT2D eigenvalue weighted by atomic mass is 35.5.